The van der Waals surface area contributed by atoms with Crippen molar-refractivity contribution in [2.45, 2.75) is 19.4 Å². The van der Waals surface area contributed by atoms with E-state index in [1.54, 1.807) is 7.11 Å². The van der Waals surface area contributed by atoms with Gasteiger partial charge >= 0.3 is 5.97 Å². The molecule has 21 heavy (non-hydrogen) atoms. The predicted octanol–water partition coefficient (Wildman–Crippen LogP) is 1.99. The third kappa shape index (κ3) is 6.12. The van der Waals surface area contributed by atoms with Crippen molar-refractivity contribution < 1.29 is 19.4 Å². The molecular weight excluding hydrogens is 296 g/mol. The number of rotatable bonds is 8. The molecule has 116 valence electrons. The van der Waals surface area contributed by atoms with Gasteiger partial charge < -0.3 is 20.5 Å². The Labute approximate surface area is 128 Å². The Balaban J connectivity index is 2.54. The van der Waals surface area contributed by atoms with Gasteiger partial charge in [-0.1, -0.05) is 11.6 Å². The number of carbonyl (C=O) groups is 2. The number of carboxylic acid groups (broad SMARTS) is 1. The maximum Gasteiger partial charge on any atom is 0.335 e. The summed E-state index contributed by atoms with van der Waals surface area (Å²) in [5.41, 5.74) is 0.351. The second-order valence-electron chi connectivity index (χ2n) is 4.61. The molecule has 1 aromatic carbocycles. The average molecular weight is 315 g/mol. The molecule has 0 saturated heterocycles. The van der Waals surface area contributed by atoms with Crippen LogP contribution in [0.5, 0.6) is 0 Å². The Morgan fingerprint density at radius 1 is 1.43 bits per heavy atom. The molecule has 1 atom stereocenters. The van der Waals surface area contributed by atoms with E-state index in [-0.39, 0.29) is 29.7 Å². The number of carbonyl (C=O) groups excluding carboxylic acids is 1. The van der Waals surface area contributed by atoms with Crippen molar-refractivity contribution in [3.05, 3.63) is 28.8 Å². The lowest BCUT2D eigenvalue weighted by molar-refractivity contribution is -0.115. The summed E-state index contributed by atoms with van der Waals surface area (Å²) in [5.74, 6) is -1.36. The summed E-state index contributed by atoms with van der Waals surface area (Å²) in [5, 5.41) is 14.8. The molecule has 0 aliphatic carbocycles. The Bertz CT molecular complexity index is 508. The van der Waals surface area contributed by atoms with Crippen molar-refractivity contribution in [3.63, 3.8) is 0 Å². The smallest absolute Gasteiger partial charge is 0.335 e. The summed E-state index contributed by atoms with van der Waals surface area (Å²) in [6.45, 7) is 2.67. The Morgan fingerprint density at radius 3 is 2.76 bits per heavy atom. The van der Waals surface area contributed by atoms with Gasteiger partial charge in [0.25, 0.3) is 0 Å². The van der Waals surface area contributed by atoms with E-state index in [2.05, 4.69) is 10.6 Å². The normalized spacial score (nSPS) is 12.0. The number of nitrogens with one attached hydrogen (secondary N) is 2. The number of carboxylic acids is 1. The maximum absolute atomic E-state index is 11.8. The van der Waals surface area contributed by atoms with Crippen molar-refractivity contribution in [1.82, 2.24) is 5.32 Å². The number of hydrogen-bond donors (Lipinski definition) is 3. The number of ether oxygens (including phenoxy) is 1. The summed E-state index contributed by atoms with van der Waals surface area (Å²) in [4.78, 5) is 22.7. The SMILES string of the molecule is COCCC(C)NCC(=O)Nc1cc(C(=O)O)ccc1Cl. The molecule has 0 aliphatic heterocycles. The molecule has 0 saturated carbocycles. The van der Waals surface area contributed by atoms with Crippen LogP contribution in [0.25, 0.3) is 0 Å². The minimum absolute atomic E-state index is 0.0659. The van der Waals surface area contributed by atoms with Crippen LogP contribution in [0.2, 0.25) is 5.02 Å². The van der Waals surface area contributed by atoms with Crippen LogP contribution in [-0.2, 0) is 9.53 Å². The monoisotopic (exact) mass is 314 g/mol. The largest absolute Gasteiger partial charge is 0.478 e. The molecule has 3 N–H and O–H groups in total. The fourth-order valence-corrected chi connectivity index (χ4v) is 1.78. The van der Waals surface area contributed by atoms with Gasteiger partial charge in [0.05, 0.1) is 22.8 Å². The van der Waals surface area contributed by atoms with Gasteiger partial charge in [0.2, 0.25) is 5.91 Å². The lowest BCUT2D eigenvalue weighted by atomic mass is 10.2. The van der Waals surface area contributed by atoms with Gasteiger partial charge in [0, 0.05) is 19.8 Å². The second kappa shape index (κ2) is 8.61. The quantitative estimate of drug-likeness (QED) is 0.683. The first kappa shape index (κ1) is 17.4. The lowest BCUT2D eigenvalue weighted by Gasteiger charge is -2.13. The summed E-state index contributed by atoms with van der Waals surface area (Å²) in [6.07, 6.45) is 0.791. The van der Waals surface area contributed by atoms with E-state index in [9.17, 15) is 9.59 Å². The highest BCUT2D eigenvalue weighted by molar-refractivity contribution is 6.33. The van der Waals surface area contributed by atoms with Crippen LogP contribution in [0.1, 0.15) is 23.7 Å². The first-order valence-corrected chi connectivity index (χ1v) is 6.87. The van der Waals surface area contributed by atoms with Gasteiger partial charge in [0.15, 0.2) is 0 Å². The molecule has 7 heteroatoms. The van der Waals surface area contributed by atoms with E-state index in [1.165, 1.54) is 18.2 Å². The van der Waals surface area contributed by atoms with Crippen LogP contribution < -0.4 is 10.6 Å². The van der Waals surface area contributed by atoms with Crippen molar-refractivity contribution >= 4 is 29.2 Å². The van der Waals surface area contributed by atoms with Gasteiger partial charge in [-0.25, -0.2) is 4.79 Å². The number of hydrogen-bond acceptors (Lipinski definition) is 4. The molecule has 0 bridgehead atoms. The third-order valence-electron chi connectivity index (χ3n) is 2.85. The van der Waals surface area contributed by atoms with Gasteiger partial charge in [0.1, 0.15) is 0 Å². The van der Waals surface area contributed by atoms with E-state index >= 15 is 0 Å². The summed E-state index contributed by atoms with van der Waals surface area (Å²) in [7, 11) is 1.62. The van der Waals surface area contributed by atoms with E-state index in [4.69, 9.17) is 21.4 Å². The van der Waals surface area contributed by atoms with Crippen LogP contribution >= 0.6 is 11.6 Å². The van der Waals surface area contributed by atoms with E-state index < -0.39 is 5.97 Å². The van der Waals surface area contributed by atoms with Crippen molar-refractivity contribution in [1.29, 1.82) is 0 Å². The van der Waals surface area contributed by atoms with Crippen LogP contribution in [0.4, 0.5) is 5.69 Å². The van der Waals surface area contributed by atoms with Crippen molar-refractivity contribution in [3.8, 4) is 0 Å². The molecule has 0 fully saturated rings. The highest BCUT2D eigenvalue weighted by Crippen LogP contribution is 2.22. The van der Waals surface area contributed by atoms with E-state index in [0.29, 0.717) is 11.6 Å². The van der Waals surface area contributed by atoms with E-state index in [1.807, 2.05) is 6.92 Å². The average Bonchev–Trinajstić information content (AvgIpc) is 2.45. The summed E-state index contributed by atoms with van der Waals surface area (Å²) >= 11 is 5.93. The van der Waals surface area contributed by atoms with Gasteiger partial charge in [-0.3, -0.25) is 4.79 Å². The second-order valence-corrected chi connectivity index (χ2v) is 5.02. The fourth-order valence-electron chi connectivity index (χ4n) is 1.61. The Kier molecular flexibility index (Phi) is 7.14. The molecular formula is C14H19ClN2O4. The number of aromatic carboxylic acids is 1. The molecule has 0 radical (unpaired) electrons. The van der Waals surface area contributed by atoms with Crippen molar-refractivity contribution in [2.24, 2.45) is 0 Å². The summed E-state index contributed by atoms with van der Waals surface area (Å²) < 4.78 is 4.95. The number of amides is 1. The Hall–Kier alpha value is -1.63. The zero-order chi connectivity index (χ0) is 15.8. The first-order chi connectivity index (χ1) is 9.93. The topological polar surface area (TPSA) is 87.7 Å². The third-order valence-corrected chi connectivity index (χ3v) is 3.18. The minimum atomic E-state index is -1.08. The van der Waals surface area contributed by atoms with Crippen LogP contribution in [0.15, 0.2) is 18.2 Å². The predicted molar refractivity (Wildman–Crippen MR) is 81.0 cm³/mol. The lowest BCUT2D eigenvalue weighted by Crippen LogP contribution is -2.35. The fraction of sp³-hybridized carbons (Fsp3) is 0.429. The molecule has 0 aliphatic rings. The molecule has 1 amide bonds. The van der Waals surface area contributed by atoms with Gasteiger partial charge in [-0.15, -0.1) is 0 Å². The molecule has 1 unspecified atom stereocenters. The highest BCUT2D eigenvalue weighted by Gasteiger charge is 2.11. The highest BCUT2D eigenvalue weighted by atomic mass is 35.5. The van der Waals surface area contributed by atoms with Gasteiger partial charge in [-0.05, 0) is 31.5 Å². The zero-order valence-corrected chi connectivity index (χ0v) is 12.7. The van der Waals surface area contributed by atoms with Crippen LogP contribution in [0, 0.1) is 0 Å². The number of benzene rings is 1. The van der Waals surface area contributed by atoms with E-state index in [0.717, 1.165) is 6.42 Å². The summed E-state index contributed by atoms with van der Waals surface area (Å²) in [6, 6.07) is 4.29. The molecule has 0 heterocycles. The molecule has 1 aromatic rings. The number of methoxy groups -OCH3 is 1. The zero-order valence-electron chi connectivity index (χ0n) is 12.0. The number of anilines is 1. The number of halogens is 1. The Morgan fingerprint density at radius 2 is 2.14 bits per heavy atom. The minimum Gasteiger partial charge on any atom is -0.478 e. The van der Waals surface area contributed by atoms with Crippen molar-refractivity contribution in [2.75, 3.05) is 25.6 Å². The molecule has 0 spiro atoms. The first-order valence-electron chi connectivity index (χ1n) is 6.49. The van der Waals surface area contributed by atoms with Crippen LogP contribution in [0.3, 0.4) is 0 Å². The molecule has 1 rings (SSSR count). The maximum atomic E-state index is 11.8. The van der Waals surface area contributed by atoms with Gasteiger partial charge in [-0.2, -0.15) is 0 Å². The molecule has 6 nitrogen and oxygen atoms in total. The van der Waals surface area contributed by atoms with Crippen LogP contribution in [-0.4, -0.2) is 43.3 Å². The standard InChI is InChI=1S/C14H19ClN2O4/c1-9(5-6-21-2)16-8-13(18)17-12-7-10(14(19)20)3-4-11(12)15/h3-4,7,9,16H,5-6,8H2,1-2H3,(H,17,18)(H,19,20). The molecule has 0 aromatic heterocycles.